The topological polar surface area (TPSA) is 80.3 Å². The third-order valence-electron chi connectivity index (χ3n) is 3.83. The van der Waals surface area contributed by atoms with Crippen LogP contribution in [0.3, 0.4) is 0 Å². The van der Waals surface area contributed by atoms with E-state index in [1.807, 2.05) is 25.1 Å². The Labute approximate surface area is 182 Å². The molecule has 0 aliphatic rings. The number of anilines is 2. The first-order chi connectivity index (χ1) is 13.4. The lowest BCUT2D eigenvalue weighted by molar-refractivity contribution is -0.116. The van der Waals surface area contributed by atoms with E-state index in [0.717, 1.165) is 21.1 Å². The minimum absolute atomic E-state index is 0.0533. The van der Waals surface area contributed by atoms with Gasteiger partial charge >= 0.3 is 0 Å². The molecule has 0 saturated carbocycles. The van der Waals surface area contributed by atoms with Gasteiger partial charge in [0.1, 0.15) is 5.75 Å². The molecule has 28 heavy (non-hydrogen) atoms. The second kappa shape index (κ2) is 9.02. The van der Waals surface area contributed by atoms with Crippen LogP contribution in [0.2, 0.25) is 0 Å². The molecular weight excluding hydrogens is 510 g/mol. The van der Waals surface area contributed by atoms with Crippen molar-refractivity contribution >= 4 is 76.0 Å². The number of halogens is 2. The van der Waals surface area contributed by atoms with Gasteiger partial charge < -0.3 is 15.4 Å². The summed E-state index contributed by atoms with van der Waals surface area (Å²) in [6, 6.07) is 8.93. The van der Waals surface area contributed by atoms with Crippen LogP contribution < -0.4 is 15.4 Å². The standard InChI is InChI=1S/C19H17Br2N3O3S/c1-3-4-16(25)24-19-23-14-6-5-11(9-15(14)28-19)22-18(26)12-7-10(20)8-13(21)17(12)27-2/h5-9H,3-4H2,1-2H3,(H,22,26)(H,23,24,25). The first-order valence-electron chi connectivity index (χ1n) is 8.46. The molecule has 0 unspecified atom stereocenters. The van der Waals surface area contributed by atoms with E-state index in [0.29, 0.717) is 33.0 Å². The van der Waals surface area contributed by atoms with E-state index in [2.05, 4.69) is 47.5 Å². The predicted octanol–water partition coefficient (Wildman–Crippen LogP) is 5.82. The minimum atomic E-state index is -0.292. The van der Waals surface area contributed by atoms with Crippen LogP contribution in [-0.4, -0.2) is 23.9 Å². The third kappa shape index (κ3) is 4.71. The number of fused-ring (bicyclic) bond motifs is 1. The van der Waals surface area contributed by atoms with Gasteiger partial charge in [0.2, 0.25) is 5.91 Å². The van der Waals surface area contributed by atoms with Crippen molar-refractivity contribution in [3.63, 3.8) is 0 Å². The Balaban J connectivity index is 1.83. The van der Waals surface area contributed by atoms with Crippen molar-refractivity contribution in [3.8, 4) is 5.75 Å². The molecule has 0 spiro atoms. The first-order valence-corrected chi connectivity index (χ1v) is 10.9. The number of aromatic nitrogens is 1. The SMILES string of the molecule is CCCC(=O)Nc1nc2ccc(NC(=O)c3cc(Br)cc(Br)c3OC)cc2s1. The van der Waals surface area contributed by atoms with Gasteiger partial charge in [0, 0.05) is 16.6 Å². The second-order valence-corrected chi connectivity index (χ2v) is 8.72. The lowest BCUT2D eigenvalue weighted by Gasteiger charge is -2.11. The van der Waals surface area contributed by atoms with Crippen molar-refractivity contribution in [3.05, 3.63) is 44.8 Å². The molecular formula is C19H17Br2N3O3S. The van der Waals surface area contributed by atoms with Crippen molar-refractivity contribution < 1.29 is 14.3 Å². The van der Waals surface area contributed by atoms with Crippen molar-refractivity contribution in [2.45, 2.75) is 19.8 Å². The number of methoxy groups -OCH3 is 1. The summed E-state index contributed by atoms with van der Waals surface area (Å²) < 4.78 is 7.65. The van der Waals surface area contributed by atoms with Crippen molar-refractivity contribution in [1.29, 1.82) is 0 Å². The number of hydrogen-bond donors (Lipinski definition) is 2. The molecule has 146 valence electrons. The van der Waals surface area contributed by atoms with Gasteiger partial charge in [-0.25, -0.2) is 4.98 Å². The van der Waals surface area contributed by atoms with Gasteiger partial charge in [-0.15, -0.1) is 0 Å². The Kier molecular flexibility index (Phi) is 6.69. The molecule has 2 amide bonds. The molecule has 9 heteroatoms. The van der Waals surface area contributed by atoms with Crippen molar-refractivity contribution in [2.75, 3.05) is 17.7 Å². The number of nitrogens with zero attached hydrogens (tertiary/aromatic N) is 1. The normalized spacial score (nSPS) is 10.7. The Bertz CT molecular complexity index is 1050. The molecule has 1 heterocycles. The second-order valence-electron chi connectivity index (χ2n) is 5.92. The van der Waals surface area contributed by atoms with Crippen LogP contribution in [0.5, 0.6) is 5.75 Å². The number of hydrogen-bond acceptors (Lipinski definition) is 5. The van der Waals surface area contributed by atoms with Gasteiger partial charge in [-0.1, -0.05) is 34.2 Å². The van der Waals surface area contributed by atoms with Gasteiger partial charge in [0.25, 0.3) is 5.91 Å². The average Bonchev–Trinajstić information content (AvgIpc) is 3.02. The summed E-state index contributed by atoms with van der Waals surface area (Å²) in [5, 5.41) is 6.23. The van der Waals surface area contributed by atoms with E-state index < -0.39 is 0 Å². The van der Waals surface area contributed by atoms with Crippen LogP contribution in [0.1, 0.15) is 30.1 Å². The monoisotopic (exact) mass is 525 g/mol. The van der Waals surface area contributed by atoms with Crippen LogP contribution in [0.25, 0.3) is 10.2 Å². The number of nitrogens with one attached hydrogen (secondary N) is 2. The van der Waals surface area contributed by atoms with Crippen LogP contribution in [-0.2, 0) is 4.79 Å². The highest BCUT2D eigenvalue weighted by Gasteiger charge is 2.17. The summed E-state index contributed by atoms with van der Waals surface area (Å²) in [6.07, 6.45) is 1.24. The zero-order valence-corrected chi connectivity index (χ0v) is 19.1. The van der Waals surface area contributed by atoms with Gasteiger partial charge in [0.05, 0.1) is 27.4 Å². The summed E-state index contributed by atoms with van der Waals surface area (Å²) in [6.45, 7) is 1.95. The Morgan fingerprint density at radius 1 is 1.18 bits per heavy atom. The Hall–Kier alpha value is -1.97. The number of amides is 2. The molecule has 0 bridgehead atoms. The van der Waals surface area contributed by atoms with Crippen LogP contribution >= 0.6 is 43.2 Å². The predicted molar refractivity (Wildman–Crippen MR) is 120 cm³/mol. The fraction of sp³-hybridized carbons (Fsp3) is 0.211. The zero-order chi connectivity index (χ0) is 20.3. The summed E-state index contributed by atoms with van der Waals surface area (Å²) in [5.41, 5.74) is 1.80. The Morgan fingerprint density at radius 2 is 1.96 bits per heavy atom. The van der Waals surface area contributed by atoms with Crippen LogP contribution in [0.15, 0.2) is 39.3 Å². The molecule has 2 N–H and O–H groups in total. The van der Waals surface area contributed by atoms with Gasteiger partial charge in [-0.2, -0.15) is 0 Å². The van der Waals surface area contributed by atoms with E-state index in [-0.39, 0.29) is 11.8 Å². The van der Waals surface area contributed by atoms with E-state index in [1.54, 1.807) is 12.1 Å². The molecule has 0 fully saturated rings. The van der Waals surface area contributed by atoms with Crippen LogP contribution in [0.4, 0.5) is 10.8 Å². The summed E-state index contributed by atoms with van der Waals surface area (Å²) in [4.78, 5) is 28.9. The summed E-state index contributed by atoms with van der Waals surface area (Å²) in [7, 11) is 1.52. The lowest BCUT2D eigenvalue weighted by Crippen LogP contribution is -2.13. The molecule has 0 atom stereocenters. The third-order valence-corrected chi connectivity index (χ3v) is 5.81. The molecule has 0 aliphatic heterocycles. The number of benzene rings is 2. The molecule has 6 nitrogen and oxygen atoms in total. The smallest absolute Gasteiger partial charge is 0.259 e. The molecule has 0 radical (unpaired) electrons. The summed E-state index contributed by atoms with van der Waals surface area (Å²) >= 11 is 8.16. The summed E-state index contributed by atoms with van der Waals surface area (Å²) in [5.74, 6) is 0.113. The van der Waals surface area contributed by atoms with E-state index >= 15 is 0 Å². The zero-order valence-electron chi connectivity index (χ0n) is 15.1. The Morgan fingerprint density at radius 3 is 2.68 bits per heavy atom. The van der Waals surface area contributed by atoms with E-state index in [9.17, 15) is 9.59 Å². The van der Waals surface area contributed by atoms with Crippen LogP contribution in [0, 0.1) is 0 Å². The number of rotatable bonds is 6. The number of carbonyl (C=O) groups is 2. The first kappa shape index (κ1) is 20.8. The van der Waals surface area contributed by atoms with Gasteiger partial charge in [-0.05, 0) is 52.7 Å². The van der Waals surface area contributed by atoms with E-state index in [1.165, 1.54) is 18.4 Å². The highest BCUT2D eigenvalue weighted by molar-refractivity contribution is 9.11. The molecule has 0 aliphatic carbocycles. The molecule has 0 saturated heterocycles. The highest BCUT2D eigenvalue weighted by Crippen LogP contribution is 2.34. The maximum Gasteiger partial charge on any atom is 0.259 e. The van der Waals surface area contributed by atoms with Gasteiger partial charge in [0.15, 0.2) is 5.13 Å². The lowest BCUT2D eigenvalue weighted by atomic mass is 10.2. The number of thiazole rings is 1. The maximum absolute atomic E-state index is 12.8. The van der Waals surface area contributed by atoms with Crippen molar-refractivity contribution in [1.82, 2.24) is 4.98 Å². The van der Waals surface area contributed by atoms with E-state index in [4.69, 9.17) is 4.74 Å². The number of ether oxygens (including phenoxy) is 1. The fourth-order valence-electron chi connectivity index (χ4n) is 2.60. The van der Waals surface area contributed by atoms with Gasteiger partial charge in [-0.3, -0.25) is 9.59 Å². The maximum atomic E-state index is 12.8. The van der Waals surface area contributed by atoms with Crippen molar-refractivity contribution in [2.24, 2.45) is 0 Å². The minimum Gasteiger partial charge on any atom is -0.495 e. The number of carbonyl (C=O) groups excluding carboxylic acids is 2. The largest absolute Gasteiger partial charge is 0.495 e. The molecule has 2 aromatic carbocycles. The quantitative estimate of drug-likeness (QED) is 0.424. The highest BCUT2D eigenvalue weighted by atomic mass is 79.9. The fourth-order valence-corrected chi connectivity index (χ4v) is 4.91. The molecule has 3 aromatic rings. The average molecular weight is 527 g/mol. The molecule has 1 aromatic heterocycles. The molecule has 3 rings (SSSR count).